The molecule has 0 spiro atoms. The Kier molecular flexibility index (Phi) is 3.81. The topological polar surface area (TPSA) is 37.3 Å². The van der Waals surface area contributed by atoms with Gasteiger partial charge in [0.25, 0.3) is 0 Å². The van der Waals surface area contributed by atoms with Crippen LogP contribution in [0.2, 0.25) is 0 Å². The molecule has 0 aliphatic heterocycles. The van der Waals surface area contributed by atoms with Gasteiger partial charge in [-0.15, -0.1) is 0 Å². The maximum absolute atomic E-state index is 12.6. The molecule has 2 heteroatoms. The standard InChI is InChI=1S/C22H34O2/c1-4-10-22(24)14-21(3)15(13-19(22)23)7-8-16-17-6-5-11-20(17,2)12-9-18(16)21/h4,10,15-18,24H,5-9,11-14H2,1-3H3/t15?,16-,17-,18+,20-,21-,22?/m0/s1. The molecule has 0 radical (unpaired) electrons. The zero-order chi connectivity index (χ0) is 17.2. The Hall–Kier alpha value is -0.630. The minimum atomic E-state index is -1.21. The summed E-state index contributed by atoms with van der Waals surface area (Å²) in [5.41, 5.74) is -0.498. The van der Waals surface area contributed by atoms with Gasteiger partial charge < -0.3 is 5.11 Å². The summed E-state index contributed by atoms with van der Waals surface area (Å²) in [6.07, 6.45) is 14.3. The van der Waals surface area contributed by atoms with Crippen molar-refractivity contribution in [2.24, 2.45) is 34.5 Å². The molecule has 0 bridgehead atoms. The van der Waals surface area contributed by atoms with E-state index in [1.807, 2.05) is 13.0 Å². The molecule has 0 aromatic carbocycles. The van der Waals surface area contributed by atoms with Crippen molar-refractivity contribution in [2.75, 3.05) is 0 Å². The van der Waals surface area contributed by atoms with Crippen LogP contribution >= 0.6 is 0 Å². The number of allylic oxidation sites excluding steroid dienone is 1. The van der Waals surface area contributed by atoms with Crippen molar-refractivity contribution in [1.82, 2.24) is 0 Å². The lowest BCUT2D eigenvalue weighted by Gasteiger charge is -2.61. The maximum atomic E-state index is 12.6. The van der Waals surface area contributed by atoms with Crippen molar-refractivity contribution in [3.63, 3.8) is 0 Å². The van der Waals surface area contributed by atoms with Gasteiger partial charge in [0.15, 0.2) is 5.78 Å². The second kappa shape index (κ2) is 5.43. The van der Waals surface area contributed by atoms with E-state index >= 15 is 0 Å². The summed E-state index contributed by atoms with van der Waals surface area (Å²) in [6.45, 7) is 6.86. The second-order valence-corrected chi connectivity index (χ2v) is 9.97. The smallest absolute Gasteiger partial charge is 0.168 e. The zero-order valence-electron chi connectivity index (χ0n) is 15.7. The summed E-state index contributed by atoms with van der Waals surface area (Å²) in [6, 6.07) is 0. The molecule has 24 heavy (non-hydrogen) atoms. The van der Waals surface area contributed by atoms with Crippen molar-refractivity contribution >= 4 is 5.78 Å². The van der Waals surface area contributed by atoms with E-state index < -0.39 is 5.60 Å². The zero-order valence-corrected chi connectivity index (χ0v) is 15.7. The Morgan fingerprint density at radius 1 is 1.08 bits per heavy atom. The van der Waals surface area contributed by atoms with E-state index in [0.29, 0.717) is 30.1 Å². The summed E-state index contributed by atoms with van der Waals surface area (Å²) >= 11 is 0. The quantitative estimate of drug-likeness (QED) is 0.694. The highest BCUT2D eigenvalue weighted by molar-refractivity contribution is 5.90. The van der Waals surface area contributed by atoms with Gasteiger partial charge in [-0.05, 0) is 92.4 Å². The van der Waals surface area contributed by atoms with Crippen LogP contribution in [0.3, 0.4) is 0 Å². The number of aliphatic hydroxyl groups is 1. The Morgan fingerprint density at radius 2 is 1.88 bits per heavy atom. The SMILES string of the molecule is CC=CC1(O)C[C@@]2(C)C(CC[C@@H]3[C@H]2CC[C@]2(C)CCC[C@@H]32)CC1=O. The average molecular weight is 331 g/mol. The minimum absolute atomic E-state index is 0.0584. The molecular formula is C22H34O2. The van der Waals surface area contributed by atoms with Crippen LogP contribution in [0, 0.1) is 34.5 Å². The van der Waals surface area contributed by atoms with Crippen LogP contribution in [0.15, 0.2) is 12.2 Å². The van der Waals surface area contributed by atoms with Crippen LogP contribution in [0.5, 0.6) is 0 Å². The molecule has 4 aliphatic rings. The third-order valence-corrected chi connectivity index (χ3v) is 8.85. The first kappa shape index (κ1) is 16.8. The number of ketones is 1. The number of hydrogen-bond acceptors (Lipinski definition) is 2. The third kappa shape index (κ3) is 2.21. The van der Waals surface area contributed by atoms with E-state index in [1.165, 1.54) is 44.9 Å². The second-order valence-electron chi connectivity index (χ2n) is 9.97. The lowest BCUT2D eigenvalue weighted by molar-refractivity contribution is -0.165. The molecule has 7 atom stereocenters. The molecule has 4 fully saturated rings. The molecule has 2 nitrogen and oxygen atoms in total. The molecule has 0 saturated heterocycles. The highest BCUT2D eigenvalue weighted by Gasteiger charge is 2.61. The van der Waals surface area contributed by atoms with Crippen LogP contribution in [0.4, 0.5) is 0 Å². The number of fused-ring (bicyclic) bond motifs is 5. The molecule has 4 rings (SSSR count). The minimum Gasteiger partial charge on any atom is -0.378 e. The fourth-order valence-electron chi connectivity index (χ4n) is 7.65. The van der Waals surface area contributed by atoms with Crippen molar-refractivity contribution in [3.05, 3.63) is 12.2 Å². The van der Waals surface area contributed by atoms with Crippen molar-refractivity contribution in [3.8, 4) is 0 Å². The number of hydrogen-bond donors (Lipinski definition) is 1. The summed E-state index contributed by atoms with van der Waals surface area (Å²) in [5, 5.41) is 11.0. The molecule has 0 aromatic rings. The Balaban J connectivity index is 1.67. The van der Waals surface area contributed by atoms with Gasteiger partial charge in [0.1, 0.15) is 5.60 Å². The number of rotatable bonds is 1. The molecule has 134 valence electrons. The molecule has 4 saturated carbocycles. The first-order chi connectivity index (χ1) is 11.3. The van der Waals surface area contributed by atoms with E-state index in [1.54, 1.807) is 6.08 Å². The Labute approximate surface area is 147 Å². The van der Waals surface area contributed by atoms with Gasteiger partial charge in [-0.2, -0.15) is 0 Å². The first-order valence-electron chi connectivity index (χ1n) is 10.2. The predicted molar refractivity (Wildman–Crippen MR) is 96.5 cm³/mol. The van der Waals surface area contributed by atoms with E-state index in [-0.39, 0.29) is 11.2 Å². The molecule has 0 aromatic heterocycles. The average Bonchev–Trinajstić information content (AvgIpc) is 2.91. The lowest BCUT2D eigenvalue weighted by Crippen LogP contribution is -2.58. The van der Waals surface area contributed by atoms with Crippen molar-refractivity contribution in [2.45, 2.75) is 84.2 Å². The van der Waals surface area contributed by atoms with Gasteiger partial charge in [-0.3, -0.25) is 4.79 Å². The predicted octanol–water partition coefficient (Wildman–Crippen LogP) is 4.91. The van der Waals surface area contributed by atoms with E-state index in [2.05, 4.69) is 13.8 Å². The first-order valence-corrected chi connectivity index (χ1v) is 10.2. The normalized spacial score (nSPS) is 54.4. The van der Waals surface area contributed by atoms with E-state index in [9.17, 15) is 9.90 Å². The molecule has 2 unspecified atom stereocenters. The molecule has 4 aliphatic carbocycles. The molecule has 0 heterocycles. The number of Topliss-reactive ketones (excluding diaryl/α,β-unsaturated/α-hetero) is 1. The van der Waals surface area contributed by atoms with Gasteiger partial charge in [-0.25, -0.2) is 0 Å². The Bertz CT molecular complexity index is 566. The summed E-state index contributed by atoms with van der Waals surface area (Å²) in [4.78, 5) is 12.6. The fourth-order valence-corrected chi connectivity index (χ4v) is 7.65. The van der Waals surface area contributed by atoms with Crippen molar-refractivity contribution < 1.29 is 9.90 Å². The van der Waals surface area contributed by atoms with Gasteiger partial charge in [0, 0.05) is 6.42 Å². The molecule has 0 amide bonds. The van der Waals surface area contributed by atoms with Crippen LogP contribution in [0.1, 0.15) is 78.6 Å². The third-order valence-electron chi connectivity index (χ3n) is 8.85. The number of carbonyl (C=O) groups is 1. The summed E-state index contributed by atoms with van der Waals surface area (Å²) in [7, 11) is 0. The highest BCUT2D eigenvalue weighted by Crippen LogP contribution is 2.66. The highest BCUT2D eigenvalue weighted by atomic mass is 16.3. The maximum Gasteiger partial charge on any atom is 0.168 e. The molecular weight excluding hydrogens is 296 g/mol. The van der Waals surface area contributed by atoms with Gasteiger partial charge in [0.2, 0.25) is 0 Å². The van der Waals surface area contributed by atoms with Crippen LogP contribution in [-0.2, 0) is 4.79 Å². The van der Waals surface area contributed by atoms with Gasteiger partial charge >= 0.3 is 0 Å². The summed E-state index contributed by atoms with van der Waals surface area (Å²) < 4.78 is 0. The fraction of sp³-hybridized carbons (Fsp3) is 0.864. The largest absolute Gasteiger partial charge is 0.378 e. The number of carbonyl (C=O) groups excluding carboxylic acids is 1. The van der Waals surface area contributed by atoms with E-state index in [0.717, 1.165) is 11.8 Å². The van der Waals surface area contributed by atoms with Gasteiger partial charge in [-0.1, -0.05) is 26.3 Å². The van der Waals surface area contributed by atoms with Crippen LogP contribution in [-0.4, -0.2) is 16.5 Å². The van der Waals surface area contributed by atoms with Gasteiger partial charge in [0.05, 0.1) is 0 Å². The lowest BCUT2D eigenvalue weighted by atomic mass is 9.44. The summed E-state index contributed by atoms with van der Waals surface area (Å²) in [5.74, 6) is 2.97. The Morgan fingerprint density at radius 3 is 2.62 bits per heavy atom. The van der Waals surface area contributed by atoms with Crippen LogP contribution in [0.25, 0.3) is 0 Å². The monoisotopic (exact) mass is 330 g/mol. The van der Waals surface area contributed by atoms with Crippen LogP contribution < -0.4 is 0 Å². The van der Waals surface area contributed by atoms with E-state index in [4.69, 9.17) is 0 Å². The van der Waals surface area contributed by atoms with Crippen molar-refractivity contribution in [1.29, 1.82) is 0 Å². The molecule has 1 N–H and O–H groups in total.